The van der Waals surface area contributed by atoms with Crippen LogP contribution < -0.4 is 0 Å². The minimum Gasteiger partial charge on any atom is -0.456 e. The Morgan fingerprint density at radius 2 is 0.913 bits per heavy atom. The van der Waals surface area contributed by atoms with Crippen LogP contribution >= 0.6 is 0 Å². The van der Waals surface area contributed by atoms with Crippen molar-refractivity contribution in [2.75, 3.05) is 0 Å². The quantitative estimate of drug-likeness (QED) is 0.160. The molecule has 13 aromatic rings. The first-order valence-corrected chi connectivity index (χ1v) is 23.5. The minimum atomic E-state index is -0.162. The van der Waals surface area contributed by atoms with Crippen LogP contribution in [0.4, 0.5) is 0 Å². The van der Waals surface area contributed by atoms with Gasteiger partial charge in [0.25, 0.3) is 0 Å². The van der Waals surface area contributed by atoms with Crippen molar-refractivity contribution in [3.63, 3.8) is 0 Å². The fourth-order valence-electron chi connectivity index (χ4n) is 10.9. The zero-order valence-electron chi connectivity index (χ0n) is 37.3. The molecule has 1 atom stereocenters. The molecule has 322 valence electrons. The lowest BCUT2D eigenvalue weighted by Gasteiger charge is -2.20. The van der Waals surface area contributed by atoms with Crippen molar-refractivity contribution in [2.45, 2.75) is 5.92 Å². The number of benzene rings is 10. The van der Waals surface area contributed by atoms with Gasteiger partial charge >= 0.3 is 0 Å². The first kappa shape index (κ1) is 39.0. The molecule has 1 unspecified atom stereocenters. The van der Waals surface area contributed by atoms with Gasteiger partial charge in [-0.25, -0.2) is 15.0 Å². The lowest BCUT2D eigenvalue weighted by Crippen LogP contribution is -2.06. The van der Waals surface area contributed by atoms with Crippen LogP contribution in [0.15, 0.2) is 241 Å². The van der Waals surface area contributed by atoms with Crippen molar-refractivity contribution in [2.24, 2.45) is 0 Å². The van der Waals surface area contributed by atoms with Crippen LogP contribution in [0, 0.1) is 0 Å². The molecule has 0 radical (unpaired) electrons. The van der Waals surface area contributed by atoms with E-state index in [0.29, 0.717) is 17.5 Å². The molecule has 0 aliphatic heterocycles. The van der Waals surface area contributed by atoms with Crippen LogP contribution in [0.5, 0.6) is 0 Å². The predicted octanol–water partition coefficient (Wildman–Crippen LogP) is 16.4. The van der Waals surface area contributed by atoms with Crippen LogP contribution in [-0.4, -0.2) is 19.5 Å². The van der Waals surface area contributed by atoms with Crippen LogP contribution in [0.2, 0.25) is 0 Å². The summed E-state index contributed by atoms with van der Waals surface area (Å²) in [7, 11) is 0. The molecular formula is C64H40N4O. The standard InChI is InChI=1S/C64H40N4O/c1-4-18-40(19-5-1)45-24-10-13-28-51(45)63-65-62(41-20-6-2-7-21-41)66-64(67-63)53-36-37-58-60(52-29-15-17-31-57(52)69-58)61(53)59-49-27-12-11-25-46(49)54-38-42(33-35-50(54)59)43-32-34-48-47-26-14-16-30-55(47)68(56(48)39-43)44-22-8-3-9-23-44/h1-39,59H. The van der Waals surface area contributed by atoms with E-state index < -0.39 is 0 Å². The molecule has 0 N–H and O–H groups in total. The Labute approximate surface area is 398 Å². The molecule has 14 rings (SSSR count). The predicted molar refractivity (Wildman–Crippen MR) is 281 cm³/mol. The molecule has 0 amide bonds. The van der Waals surface area contributed by atoms with Gasteiger partial charge in [-0.05, 0) is 98.6 Å². The molecule has 0 bridgehead atoms. The van der Waals surface area contributed by atoms with E-state index in [1.807, 2.05) is 30.3 Å². The van der Waals surface area contributed by atoms with E-state index in [4.69, 9.17) is 19.4 Å². The maximum Gasteiger partial charge on any atom is 0.164 e. The van der Waals surface area contributed by atoms with Gasteiger partial charge in [0.2, 0.25) is 0 Å². The summed E-state index contributed by atoms with van der Waals surface area (Å²) >= 11 is 0. The van der Waals surface area contributed by atoms with Gasteiger partial charge in [-0.1, -0.05) is 188 Å². The van der Waals surface area contributed by atoms with E-state index in [0.717, 1.165) is 72.1 Å². The summed E-state index contributed by atoms with van der Waals surface area (Å²) in [5.41, 5.74) is 18.5. The first-order valence-electron chi connectivity index (χ1n) is 23.5. The van der Waals surface area contributed by atoms with Crippen LogP contribution in [0.1, 0.15) is 22.6 Å². The van der Waals surface area contributed by atoms with E-state index in [-0.39, 0.29) is 5.92 Å². The highest BCUT2D eigenvalue weighted by molar-refractivity contribution is 6.11. The van der Waals surface area contributed by atoms with Gasteiger partial charge in [-0.3, -0.25) is 0 Å². The Hall–Kier alpha value is -9.19. The van der Waals surface area contributed by atoms with Crippen molar-refractivity contribution < 1.29 is 4.42 Å². The molecule has 0 saturated carbocycles. The van der Waals surface area contributed by atoms with E-state index in [9.17, 15) is 0 Å². The summed E-state index contributed by atoms with van der Waals surface area (Å²) < 4.78 is 9.08. The van der Waals surface area contributed by atoms with Crippen molar-refractivity contribution in [3.05, 3.63) is 253 Å². The third-order valence-corrected chi connectivity index (χ3v) is 14.0. The van der Waals surface area contributed by atoms with Gasteiger partial charge < -0.3 is 8.98 Å². The van der Waals surface area contributed by atoms with Crippen molar-refractivity contribution in [1.82, 2.24) is 19.5 Å². The molecule has 5 nitrogen and oxygen atoms in total. The van der Waals surface area contributed by atoms with Crippen LogP contribution in [-0.2, 0) is 0 Å². The fourth-order valence-corrected chi connectivity index (χ4v) is 10.9. The van der Waals surface area contributed by atoms with Gasteiger partial charge in [0.05, 0.1) is 11.0 Å². The van der Waals surface area contributed by atoms with Crippen LogP contribution in [0.3, 0.4) is 0 Å². The zero-order chi connectivity index (χ0) is 45.4. The first-order chi connectivity index (χ1) is 34.2. The molecule has 69 heavy (non-hydrogen) atoms. The third kappa shape index (κ3) is 6.28. The van der Waals surface area contributed by atoms with Gasteiger partial charge in [-0.2, -0.15) is 0 Å². The summed E-state index contributed by atoms with van der Waals surface area (Å²) in [6, 6.07) is 83.9. The van der Waals surface area contributed by atoms with E-state index in [1.165, 1.54) is 44.1 Å². The number of rotatable bonds is 7. The van der Waals surface area contributed by atoms with Crippen molar-refractivity contribution >= 4 is 43.7 Å². The van der Waals surface area contributed by atoms with Gasteiger partial charge in [0.1, 0.15) is 11.2 Å². The number of hydrogen-bond acceptors (Lipinski definition) is 4. The molecule has 0 fully saturated rings. The highest BCUT2D eigenvalue weighted by Gasteiger charge is 2.35. The fraction of sp³-hybridized carbons (Fsp3) is 0.0156. The molecule has 0 saturated heterocycles. The highest BCUT2D eigenvalue weighted by Crippen LogP contribution is 2.54. The number of fused-ring (bicyclic) bond motifs is 9. The Balaban J connectivity index is 0.998. The minimum absolute atomic E-state index is 0.162. The average molecular weight is 881 g/mol. The summed E-state index contributed by atoms with van der Waals surface area (Å²) in [5.74, 6) is 1.67. The van der Waals surface area contributed by atoms with Crippen molar-refractivity contribution in [3.8, 4) is 73.2 Å². The second kappa shape index (κ2) is 15.7. The molecule has 0 spiro atoms. The van der Waals surface area contributed by atoms with E-state index in [2.05, 4.69) is 211 Å². The SMILES string of the molecule is c1ccc(-c2nc(-c3ccccc3-c3ccccc3)nc(-c3ccc4oc5ccccc5c4c3C3c4ccccc4-c4cc(-c5ccc6c7ccccc7n(-c7ccccc7)c6c5)ccc43)n2)cc1. The zero-order valence-corrected chi connectivity index (χ0v) is 37.3. The van der Waals surface area contributed by atoms with E-state index >= 15 is 0 Å². The highest BCUT2D eigenvalue weighted by atomic mass is 16.3. The number of aromatic nitrogens is 4. The van der Waals surface area contributed by atoms with E-state index in [1.54, 1.807) is 0 Å². The lowest BCUT2D eigenvalue weighted by molar-refractivity contribution is 0.668. The summed E-state index contributed by atoms with van der Waals surface area (Å²) in [5, 5.41) is 4.60. The molecule has 10 aromatic carbocycles. The summed E-state index contributed by atoms with van der Waals surface area (Å²) in [6.07, 6.45) is 0. The Morgan fingerprint density at radius 1 is 0.333 bits per heavy atom. The number of furan rings is 1. The largest absolute Gasteiger partial charge is 0.456 e. The van der Waals surface area contributed by atoms with Crippen LogP contribution in [0.25, 0.3) is 117 Å². The Kier molecular flexibility index (Phi) is 8.89. The molecule has 1 aliphatic rings. The monoisotopic (exact) mass is 880 g/mol. The molecular weight excluding hydrogens is 841 g/mol. The van der Waals surface area contributed by atoms with Gasteiger partial charge in [0.15, 0.2) is 17.5 Å². The third-order valence-electron chi connectivity index (χ3n) is 14.0. The summed E-state index contributed by atoms with van der Waals surface area (Å²) in [6.45, 7) is 0. The molecule has 1 aliphatic carbocycles. The van der Waals surface area contributed by atoms with Crippen molar-refractivity contribution in [1.29, 1.82) is 0 Å². The Bertz CT molecular complexity index is 4140. The van der Waals surface area contributed by atoms with Gasteiger partial charge in [0, 0.05) is 49.8 Å². The van der Waals surface area contributed by atoms with Gasteiger partial charge in [-0.15, -0.1) is 0 Å². The number of hydrogen-bond donors (Lipinski definition) is 0. The Morgan fingerprint density at radius 3 is 1.72 bits per heavy atom. The average Bonchev–Trinajstić information content (AvgIpc) is 4.08. The molecule has 5 heteroatoms. The maximum absolute atomic E-state index is 6.69. The smallest absolute Gasteiger partial charge is 0.164 e. The second-order valence-electron chi connectivity index (χ2n) is 17.8. The number of para-hydroxylation sites is 3. The second-order valence-corrected chi connectivity index (χ2v) is 17.8. The molecule has 3 aromatic heterocycles. The lowest BCUT2D eigenvalue weighted by atomic mass is 9.83. The number of nitrogens with zero attached hydrogens (tertiary/aromatic N) is 4. The summed E-state index contributed by atoms with van der Waals surface area (Å²) in [4.78, 5) is 16.1. The molecule has 3 heterocycles. The normalized spacial score (nSPS) is 13.1. The maximum atomic E-state index is 6.69. The topological polar surface area (TPSA) is 56.7 Å².